The van der Waals surface area contributed by atoms with Gasteiger partial charge in [-0.2, -0.15) is 0 Å². The Labute approximate surface area is 129 Å². The van der Waals surface area contributed by atoms with E-state index >= 15 is 0 Å². The number of para-hydroxylation sites is 1. The van der Waals surface area contributed by atoms with E-state index in [-0.39, 0.29) is 74.6 Å². The summed E-state index contributed by atoms with van der Waals surface area (Å²) in [5.74, 6) is 0.167. The van der Waals surface area contributed by atoms with E-state index in [1.807, 2.05) is 0 Å². The molecule has 62 valence electrons. The van der Waals surface area contributed by atoms with Crippen molar-refractivity contribution >= 4 is 76.7 Å². The van der Waals surface area contributed by atoms with Crippen molar-refractivity contribution in [3.63, 3.8) is 0 Å². The Hall–Kier alpha value is 1.22. The third-order valence-corrected chi connectivity index (χ3v) is 1.42. The molecule has 0 saturated heterocycles. The van der Waals surface area contributed by atoms with Crippen LogP contribution in [0, 0.1) is 0 Å². The molecule has 6 heteroatoms. The maximum absolute atomic E-state index is 10.3. The molecule has 0 aliphatic heterocycles. The van der Waals surface area contributed by atoms with Gasteiger partial charge in [-0.15, -0.1) is 0 Å². The normalized spacial score (nSPS) is 10.2. The second-order valence-electron chi connectivity index (χ2n) is 1.89. The Morgan fingerprint density at radius 1 is 1.17 bits per heavy atom. The molecule has 4 nitrogen and oxygen atoms in total. The molecule has 0 aromatic heterocycles. The zero-order chi connectivity index (χ0) is 8.32. The minimum absolute atomic E-state index is 0. The van der Waals surface area contributed by atoms with Crippen molar-refractivity contribution < 1.29 is 18.9 Å². The second-order valence-corrected chi connectivity index (χ2v) is 3.06. The molecule has 0 aliphatic carbocycles. The molecule has 1 rings (SSSR count). The van der Waals surface area contributed by atoms with E-state index in [2.05, 4.69) is 4.52 Å². The molecule has 0 unspecified atom stereocenters. The molecule has 2 N–H and O–H groups in total. The van der Waals surface area contributed by atoms with Gasteiger partial charge in [-0.05, 0) is 12.1 Å². The summed E-state index contributed by atoms with van der Waals surface area (Å²) >= 11 is 0. The van der Waals surface area contributed by atoms with E-state index in [4.69, 9.17) is 9.79 Å². The van der Waals surface area contributed by atoms with Gasteiger partial charge in [0.15, 0.2) is 0 Å². The van der Waals surface area contributed by atoms with Crippen molar-refractivity contribution in [3.8, 4) is 5.75 Å². The van der Waals surface area contributed by atoms with Gasteiger partial charge in [0.2, 0.25) is 0 Å². The third-order valence-electron chi connectivity index (χ3n) is 0.968. The topological polar surface area (TPSA) is 66.8 Å². The van der Waals surface area contributed by atoms with Gasteiger partial charge in [0.1, 0.15) is 5.75 Å². The van der Waals surface area contributed by atoms with Crippen LogP contribution in [0.4, 0.5) is 0 Å². The number of hydrogen-bond donors (Lipinski definition) is 2. The van der Waals surface area contributed by atoms with Gasteiger partial charge in [0.05, 0.1) is 0 Å². The number of benzene rings is 1. The molecule has 1 aromatic rings. The quantitative estimate of drug-likeness (QED) is 0.781. The first-order valence-electron chi connectivity index (χ1n) is 2.88. The number of rotatable bonds is 2. The van der Waals surface area contributed by atoms with Crippen molar-refractivity contribution in [2.24, 2.45) is 0 Å². The van der Waals surface area contributed by atoms with Crippen LogP contribution in [0.1, 0.15) is 0 Å². The number of phosphoric ester groups is 1. The first kappa shape index (κ1) is 13.2. The molecule has 0 spiro atoms. The maximum atomic E-state index is 10.3. The first-order chi connectivity index (χ1) is 5.08. The Bertz CT molecular complexity index is 270. The fraction of sp³-hybridized carbons (Fsp3) is 0. The summed E-state index contributed by atoms with van der Waals surface area (Å²) in [7, 11) is -4.39. The Balaban J connectivity index is 0.00000121. The molecule has 0 radical (unpaired) electrons. The summed E-state index contributed by atoms with van der Waals surface area (Å²) in [5.41, 5.74) is 0. The van der Waals surface area contributed by atoms with Crippen LogP contribution in [0.5, 0.6) is 5.75 Å². The summed E-state index contributed by atoms with van der Waals surface area (Å²) in [5, 5.41) is 0. The predicted octanol–water partition coefficient (Wildman–Crippen LogP) is 0.510. The molecule has 12 heavy (non-hydrogen) atoms. The Morgan fingerprint density at radius 2 is 1.67 bits per heavy atom. The molecule has 0 amide bonds. The summed E-state index contributed by atoms with van der Waals surface area (Å²) < 4.78 is 14.5. The SMILES string of the molecule is O=P(O)(O)Oc1ccccc1.[CsH]. The standard InChI is InChI=1S/C6H7O4P.Cs.H/c7-11(8,9)10-6-4-2-1-3-5-6;;/h1-5H,(H2,7,8,9);;. The molecule has 0 aliphatic rings. The molecular formula is C6H8CsO4P. The van der Waals surface area contributed by atoms with Gasteiger partial charge in [-0.3, -0.25) is 9.79 Å². The Kier molecular flexibility index (Phi) is 6.44. The van der Waals surface area contributed by atoms with Gasteiger partial charge < -0.3 is 4.52 Å². The van der Waals surface area contributed by atoms with Crippen molar-refractivity contribution in [3.05, 3.63) is 30.3 Å². The zero-order valence-corrected chi connectivity index (χ0v) is 6.44. The molecule has 0 bridgehead atoms. The van der Waals surface area contributed by atoms with Crippen LogP contribution < -0.4 is 4.52 Å². The van der Waals surface area contributed by atoms with Crippen LogP contribution in [0.15, 0.2) is 30.3 Å². The second kappa shape index (κ2) is 5.85. The van der Waals surface area contributed by atoms with Crippen LogP contribution in [0.25, 0.3) is 0 Å². The Morgan fingerprint density at radius 3 is 2.08 bits per heavy atom. The van der Waals surface area contributed by atoms with Gasteiger partial charge >= 0.3 is 76.7 Å². The molecular weight excluding hydrogens is 300 g/mol. The molecule has 0 heterocycles. The number of phosphoric acid groups is 1. The molecule has 1 aromatic carbocycles. The van der Waals surface area contributed by atoms with Gasteiger partial charge in [0, 0.05) is 0 Å². The van der Waals surface area contributed by atoms with Crippen LogP contribution in [0.2, 0.25) is 0 Å². The van der Waals surface area contributed by atoms with Gasteiger partial charge in [-0.1, -0.05) is 18.2 Å². The molecule has 0 saturated carbocycles. The number of hydrogen-bond acceptors (Lipinski definition) is 2. The van der Waals surface area contributed by atoms with Crippen LogP contribution in [-0.2, 0) is 4.57 Å². The zero-order valence-electron chi connectivity index (χ0n) is 5.54. The van der Waals surface area contributed by atoms with Crippen molar-refractivity contribution in [1.29, 1.82) is 0 Å². The van der Waals surface area contributed by atoms with E-state index in [1.54, 1.807) is 18.2 Å². The van der Waals surface area contributed by atoms with E-state index in [9.17, 15) is 4.57 Å². The fourth-order valence-corrected chi connectivity index (χ4v) is 1.02. The van der Waals surface area contributed by atoms with E-state index < -0.39 is 7.82 Å². The molecule has 0 fully saturated rings. The molecule has 0 atom stereocenters. The van der Waals surface area contributed by atoms with Crippen LogP contribution in [0.3, 0.4) is 0 Å². The van der Waals surface area contributed by atoms with Crippen molar-refractivity contribution in [2.75, 3.05) is 0 Å². The van der Waals surface area contributed by atoms with Gasteiger partial charge in [0.25, 0.3) is 0 Å². The summed E-state index contributed by atoms with van der Waals surface area (Å²) in [6.45, 7) is 0. The average molecular weight is 308 g/mol. The van der Waals surface area contributed by atoms with E-state index in [1.165, 1.54) is 12.1 Å². The van der Waals surface area contributed by atoms with Gasteiger partial charge in [-0.25, -0.2) is 4.57 Å². The summed E-state index contributed by atoms with van der Waals surface area (Å²) in [6.07, 6.45) is 0. The van der Waals surface area contributed by atoms with E-state index in [0.29, 0.717) is 0 Å². The van der Waals surface area contributed by atoms with Crippen molar-refractivity contribution in [1.82, 2.24) is 0 Å². The first-order valence-corrected chi connectivity index (χ1v) is 4.41. The summed E-state index contributed by atoms with van der Waals surface area (Å²) in [4.78, 5) is 16.7. The van der Waals surface area contributed by atoms with Crippen molar-refractivity contribution in [2.45, 2.75) is 0 Å². The average Bonchev–Trinajstić information content (AvgIpc) is 1.85. The fourth-order valence-electron chi connectivity index (χ4n) is 0.619. The van der Waals surface area contributed by atoms with E-state index in [0.717, 1.165) is 0 Å². The monoisotopic (exact) mass is 308 g/mol. The minimum atomic E-state index is -4.39. The van der Waals surface area contributed by atoms with Crippen LogP contribution >= 0.6 is 7.82 Å². The predicted molar refractivity (Wildman–Crippen MR) is 46.3 cm³/mol. The third kappa shape index (κ3) is 5.80. The van der Waals surface area contributed by atoms with Crippen LogP contribution in [-0.4, -0.2) is 78.7 Å². The summed E-state index contributed by atoms with van der Waals surface area (Å²) in [6, 6.07) is 7.93.